The number of hydrogen-bond donors (Lipinski definition) is 0. The van der Waals surface area contributed by atoms with Crippen molar-refractivity contribution in [3.05, 3.63) is 11.8 Å². The number of unbranched alkanes of at least 4 members (excludes halogenated alkanes) is 1. The van der Waals surface area contributed by atoms with Crippen molar-refractivity contribution in [3.8, 4) is 0 Å². The molecule has 86 valence electrons. The van der Waals surface area contributed by atoms with Gasteiger partial charge < -0.3 is 4.74 Å². The van der Waals surface area contributed by atoms with E-state index in [1.54, 1.807) is 6.20 Å². The van der Waals surface area contributed by atoms with E-state index in [0.29, 0.717) is 18.5 Å². The second-order valence-electron chi connectivity index (χ2n) is 3.19. The Balaban J connectivity index is 4.54. The lowest BCUT2D eigenvalue weighted by Crippen LogP contribution is -2.27. The largest absolute Gasteiger partial charge is 0.452 e. The summed E-state index contributed by atoms with van der Waals surface area (Å²) >= 11 is 0. The molecule has 0 spiro atoms. The molecule has 0 aliphatic heterocycles. The molecule has 0 saturated carbocycles. The standard InChI is InChI=1S/C11H19NO3/c1-4-6-7-12(11(14)15-3)8-10(5-2)9-13/h8-9H,4-7H2,1-3H3/b10-8+. The lowest BCUT2D eigenvalue weighted by atomic mass is 10.2. The fourth-order valence-electron chi connectivity index (χ4n) is 1.06. The van der Waals surface area contributed by atoms with E-state index >= 15 is 0 Å². The maximum atomic E-state index is 11.3. The molecule has 0 saturated heterocycles. The smallest absolute Gasteiger partial charge is 0.413 e. The van der Waals surface area contributed by atoms with Gasteiger partial charge in [0.05, 0.1) is 7.11 Å². The maximum Gasteiger partial charge on any atom is 0.413 e. The van der Waals surface area contributed by atoms with Crippen molar-refractivity contribution < 1.29 is 14.3 Å². The van der Waals surface area contributed by atoms with Crippen LogP contribution < -0.4 is 0 Å². The van der Waals surface area contributed by atoms with Crippen molar-refractivity contribution in [3.63, 3.8) is 0 Å². The Morgan fingerprint density at radius 2 is 2.07 bits per heavy atom. The lowest BCUT2D eigenvalue weighted by molar-refractivity contribution is -0.105. The third kappa shape index (κ3) is 5.20. The van der Waals surface area contributed by atoms with Crippen LogP contribution in [0.3, 0.4) is 0 Å². The predicted octanol–water partition coefficient (Wildman–Crippen LogP) is 2.35. The minimum atomic E-state index is -0.420. The highest BCUT2D eigenvalue weighted by Crippen LogP contribution is 2.04. The van der Waals surface area contributed by atoms with Gasteiger partial charge in [-0.1, -0.05) is 20.3 Å². The molecule has 0 atom stereocenters. The molecule has 4 nitrogen and oxygen atoms in total. The van der Waals surface area contributed by atoms with Crippen LogP contribution in [0.5, 0.6) is 0 Å². The number of nitrogens with zero attached hydrogens (tertiary/aromatic N) is 1. The zero-order valence-electron chi connectivity index (χ0n) is 9.66. The summed E-state index contributed by atoms with van der Waals surface area (Å²) in [6, 6.07) is 0. The fraction of sp³-hybridized carbons (Fsp3) is 0.636. The summed E-state index contributed by atoms with van der Waals surface area (Å²) in [5, 5.41) is 0. The van der Waals surface area contributed by atoms with Crippen LogP contribution >= 0.6 is 0 Å². The molecule has 0 N–H and O–H groups in total. The average Bonchev–Trinajstić information content (AvgIpc) is 2.28. The van der Waals surface area contributed by atoms with Crippen LogP contribution in [0.2, 0.25) is 0 Å². The fourth-order valence-corrected chi connectivity index (χ4v) is 1.06. The van der Waals surface area contributed by atoms with Crippen molar-refractivity contribution in [2.45, 2.75) is 33.1 Å². The van der Waals surface area contributed by atoms with Gasteiger partial charge in [-0.25, -0.2) is 4.79 Å². The summed E-state index contributed by atoms with van der Waals surface area (Å²) in [5.41, 5.74) is 0.594. The van der Waals surface area contributed by atoms with Gasteiger partial charge in [-0.15, -0.1) is 0 Å². The van der Waals surface area contributed by atoms with Crippen molar-refractivity contribution in [1.82, 2.24) is 4.90 Å². The molecule has 0 aromatic heterocycles. The van der Waals surface area contributed by atoms with Crippen LogP contribution in [0, 0.1) is 0 Å². The van der Waals surface area contributed by atoms with E-state index in [1.807, 2.05) is 13.8 Å². The van der Waals surface area contributed by atoms with Gasteiger partial charge >= 0.3 is 6.09 Å². The number of aldehydes is 1. The Kier molecular flexibility index (Phi) is 7.32. The van der Waals surface area contributed by atoms with Gasteiger partial charge in [0.2, 0.25) is 0 Å². The monoisotopic (exact) mass is 213 g/mol. The van der Waals surface area contributed by atoms with Crippen molar-refractivity contribution in [2.75, 3.05) is 13.7 Å². The van der Waals surface area contributed by atoms with Gasteiger partial charge in [-0.3, -0.25) is 9.69 Å². The van der Waals surface area contributed by atoms with E-state index in [4.69, 9.17) is 0 Å². The Labute approximate surface area is 90.9 Å². The molecule has 15 heavy (non-hydrogen) atoms. The quantitative estimate of drug-likeness (QED) is 0.502. The highest BCUT2D eigenvalue weighted by molar-refractivity contribution is 5.75. The summed E-state index contributed by atoms with van der Waals surface area (Å²) in [6.07, 6.45) is 4.40. The topological polar surface area (TPSA) is 46.6 Å². The first kappa shape index (κ1) is 13.7. The second kappa shape index (κ2) is 8.03. The van der Waals surface area contributed by atoms with Gasteiger partial charge in [0, 0.05) is 18.3 Å². The van der Waals surface area contributed by atoms with E-state index in [9.17, 15) is 9.59 Å². The van der Waals surface area contributed by atoms with Crippen LogP contribution in [0.25, 0.3) is 0 Å². The summed E-state index contributed by atoms with van der Waals surface area (Å²) in [7, 11) is 1.33. The average molecular weight is 213 g/mol. The number of carbonyl (C=O) groups is 2. The Morgan fingerprint density at radius 3 is 2.47 bits per heavy atom. The number of rotatable bonds is 6. The van der Waals surface area contributed by atoms with Crippen molar-refractivity contribution in [1.29, 1.82) is 0 Å². The van der Waals surface area contributed by atoms with E-state index in [2.05, 4.69) is 4.74 Å². The van der Waals surface area contributed by atoms with E-state index in [1.165, 1.54) is 12.0 Å². The molecule has 0 rings (SSSR count). The molecule has 0 aliphatic carbocycles. The first-order valence-corrected chi connectivity index (χ1v) is 5.20. The molecule has 0 fully saturated rings. The highest BCUT2D eigenvalue weighted by Gasteiger charge is 2.10. The highest BCUT2D eigenvalue weighted by atomic mass is 16.5. The molecule has 0 unspecified atom stereocenters. The number of carbonyl (C=O) groups excluding carboxylic acids is 2. The summed E-state index contributed by atoms with van der Waals surface area (Å²) in [4.78, 5) is 23.4. The summed E-state index contributed by atoms with van der Waals surface area (Å²) < 4.78 is 4.63. The SMILES string of the molecule is CCCCN(/C=C(/C=O)CC)C(=O)OC. The van der Waals surface area contributed by atoms with E-state index in [-0.39, 0.29) is 0 Å². The Hall–Kier alpha value is -1.32. The molecule has 1 amide bonds. The molecule has 4 heteroatoms. The van der Waals surface area contributed by atoms with E-state index < -0.39 is 6.09 Å². The number of hydrogen-bond acceptors (Lipinski definition) is 3. The van der Waals surface area contributed by atoms with Crippen LogP contribution in [-0.4, -0.2) is 30.9 Å². The molecule has 0 aromatic carbocycles. The third-order valence-corrected chi connectivity index (χ3v) is 2.04. The Morgan fingerprint density at radius 1 is 1.40 bits per heavy atom. The molecule has 0 radical (unpaired) electrons. The third-order valence-electron chi connectivity index (χ3n) is 2.04. The summed E-state index contributed by atoms with van der Waals surface area (Å²) in [5.74, 6) is 0. The zero-order valence-corrected chi connectivity index (χ0v) is 9.66. The molecule has 0 bridgehead atoms. The van der Waals surface area contributed by atoms with Crippen LogP contribution in [0.15, 0.2) is 11.8 Å². The minimum absolute atomic E-state index is 0.420. The number of ether oxygens (including phenoxy) is 1. The molecular weight excluding hydrogens is 194 g/mol. The van der Waals surface area contributed by atoms with Gasteiger partial charge in [-0.05, 0) is 12.8 Å². The Bertz CT molecular complexity index is 236. The number of allylic oxidation sites excluding steroid dienone is 1. The maximum absolute atomic E-state index is 11.3. The molecular formula is C11H19NO3. The van der Waals surface area contributed by atoms with Gasteiger partial charge in [0.15, 0.2) is 0 Å². The van der Waals surface area contributed by atoms with Crippen LogP contribution in [0.1, 0.15) is 33.1 Å². The normalized spacial score (nSPS) is 11.0. The van der Waals surface area contributed by atoms with Crippen LogP contribution in [0.4, 0.5) is 4.79 Å². The van der Waals surface area contributed by atoms with Crippen LogP contribution in [-0.2, 0) is 9.53 Å². The lowest BCUT2D eigenvalue weighted by Gasteiger charge is -2.17. The van der Waals surface area contributed by atoms with Gasteiger partial charge in [-0.2, -0.15) is 0 Å². The van der Waals surface area contributed by atoms with Crippen molar-refractivity contribution in [2.24, 2.45) is 0 Å². The van der Waals surface area contributed by atoms with Gasteiger partial charge in [0.1, 0.15) is 6.29 Å². The minimum Gasteiger partial charge on any atom is -0.452 e. The molecule has 0 heterocycles. The molecule has 0 aliphatic rings. The summed E-state index contributed by atoms with van der Waals surface area (Å²) in [6.45, 7) is 4.50. The van der Waals surface area contributed by atoms with E-state index in [0.717, 1.165) is 19.1 Å². The number of methoxy groups -OCH3 is 1. The van der Waals surface area contributed by atoms with Gasteiger partial charge in [0.25, 0.3) is 0 Å². The van der Waals surface area contributed by atoms with Crippen molar-refractivity contribution >= 4 is 12.4 Å². The second-order valence-corrected chi connectivity index (χ2v) is 3.19. The first-order valence-electron chi connectivity index (χ1n) is 5.20. The zero-order chi connectivity index (χ0) is 11.7. The molecule has 0 aromatic rings. The first-order chi connectivity index (χ1) is 7.19. The number of amides is 1. The predicted molar refractivity (Wildman–Crippen MR) is 58.5 cm³/mol.